The summed E-state index contributed by atoms with van der Waals surface area (Å²) in [5.74, 6) is 0.492. The van der Waals surface area contributed by atoms with Gasteiger partial charge >= 0.3 is 0 Å². The number of para-hydroxylation sites is 1. The minimum Gasteiger partial charge on any atom is -0.497 e. The molecular formula is C36H43Cl2N5O4. The fourth-order valence-electron chi connectivity index (χ4n) is 6.57. The van der Waals surface area contributed by atoms with E-state index in [0.717, 1.165) is 40.5 Å². The van der Waals surface area contributed by atoms with Crippen LogP contribution >= 0.6 is 24.8 Å². The maximum Gasteiger partial charge on any atom is 0.248 e. The van der Waals surface area contributed by atoms with Crippen LogP contribution in [-0.4, -0.2) is 69.8 Å². The number of benzene rings is 3. The van der Waals surface area contributed by atoms with Crippen molar-refractivity contribution in [3.05, 3.63) is 113 Å². The predicted molar refractivity (Wildman–Crippen MR) is 186 cm³/mol. The number of carbonyl (C=O) groups excluding carboxylic acids is 2. The molecule has 250 valence electrons. The Balaban J connectivity index is 0.00000250. The quantitative estimate of drug-likeness (QED) is 0.241. The average molecular weight is 681 g/mol. The Morgan fingerprint density at radius 1 is 0.872 bits per heavy atom. The van der Waals surface area contributed by atoms with E-state index in [4.69, 9.17) is 14.6 Å². The Bertz CT molecular complexity index is 1640. The summed E-state index contributed by atoms with van der Waals surface area (Å²) in [5, 5.41) is 7.87. The van der Waals surface area contributed by atoms with E-state index < -0.39 is 11.6 Å². The molecule has 47 heavy (non-hydrogen) atoms. The van der Waals surface area contributed by atoms with E-state index in [9.17, 15) is 9.59 Å². The third-order valence-corrected chi connectivity index (χ3v) is 9.19. The van der Waals surface area contributed by atoms with Gasteiger partial charge in [0.05, 0.1) is 31.7 Å². The lowest BCUT2D eigenvalue weighted by molar-refractivity contribution is -0.164. The summed E-state index contributed by atoms with van der Waals surface area (Å²) in [5.41, 5.74) is 5.34. The molecule has 1 spiro atoms. The maximum atomic E-state index is 14.1. The van der Waals surface area contributed by atoms with Crippen molar-refractivity contribution in [1.82, 2.24) is 24.9 Å². The van der Waals surface area contributed by atoms with Crippen LogP contribution in [0.3, 0.4) is 0 Å². The molecule has 1 N–H and O–H groups in total. The number of rotatable bonds is 10. The molecule has 3 heterocycles. The van der Waals surface area contributed by atoms with Crippen molar-refractivity contribution in [2.24, 2.45) is 0 Å². The van der Waals surface area contributed by atoms with E-state index in [1.165, 1.54) is 5.56 Å². The number of piperidine rings is 1. The molecule has 11 heteroatoms. The van der Waals surface area contributed by atoms with Crippen LogP contribution in [0.4, 0.5) is 0 Å². The summed E-state index contributed by atoms with van der Waals surface area (Å²) in [4.78, 5) is 32.3. The minimum atomic E-state index is -0.940. The first-order valence-electron chi connectivity index (χ1n) is 15.6. The van der Waals surface area contributed by atoms with Crippen molar-refractivity contribution in [2.75, 3.05) is 26.8 Å². The van der Waals surface area contributed by atoms with Crippen LogP contribution in [0.2, 0.25) is 0 Å². The van der Waals surface area contributed by atoms with Gasteiger partial charge in [-0.05, 0) is 62.1 Å². The van der Waals surface area contributed by atoms with Crippen LogP contribution < -0.4 is 10.1 Å². The number of hydrogen-bond donors (Lipinski definition) is 1. The maximum absolute atomic E-state index is 14.1. The van der Waals surface area contributed by atoms with Crippen molar-refractivity contribution in [2.45, 2.75) is 58.0 Å². The second kappa shape index (κ2) is 15.8. The first-order valence-corrected chi connectivity index (χ1v) is 15.6. The second-order valence-electron chi connectivity index (χ2n) is 12.0. The van der Waals surface area contributed by atoms with Crippen LogP contribution in [0, 0.1) is 13.8 Å². The predicted octanol–water partition coefficient (Wildman–Crippen LogP) is 5.42. The molecule has 6 rings (SSSR count). The first-order chi connectivity index (χ1) is 21.9. The summed E-state index contributed by atoms with van der Waals surface area (Å²) in [7, 11) is 1.63. The van der Waals surface area contributed by atoms with Crippen LogP contribution in [0.5, 0.6) is 5.75 Å². The highest BCUT2D eigenvalue weighted by molar-refractivity contribution is 6.00. The van der Waals surface area contributed by atoms with Gasteiger partial charge in [-0.2, -0.15) is 5.10 Å². The van der Waals surface area contributed by atoms with Gasteiger partial charge < -0.3 is 19.7 Å². The van der Waals surface area contributed by atoms with Gasteiger partial charge in [0.15, 0.2) is 0 Å². The Hall–Kier alpha value is -3.89. The number of halogens is 2. The molecule has 2 aliphatic rings. The molecule has 2 amide bonds. The molecule has 0 saturated carbocycles. The molecule has 1 atom stereocenters. The standard InChI is InChI=1S/C36H41N5O4.2ClH/c1-26-32(27(2)41(38-26)30-14-8-5-9-15-30)23-39-19-17-36(18-20-39)35(43)37-33(25-45-24-28-11-6-4-7-12-28)34(42)40(36)22-29-13-10-16-31(21-29)44-3;;/h4-16,21,33H,17-20,22-25H2,1-3H3,(H,37,43);2*1H. The summed E-state index contributed by atoms with van der Waals surface area (Å²) in [6.45, 7) is 7.06. The molecule has 1 aromatic heterocycles. The van der Waals surface area contributed by atoms with Gasteiger partial charge in [-0.15, -0.1) is 24.8 Å². The normalized spacial score (nSPS) is 17.5. The number of hydrogen-bond acceptors (Lipinski definition) is 6. The Morgan fingerprint density at radius 3 is 2.21 bits per heavy atom. The van der Waals surface area contributed by atoms with Crippen molar-refractivity contribution < 1.29 is 19.1 Å². The van der Waals surface area contributed by atoms with Gasteiger partial charge in [-0.3, -0.25) is 14.5 Å². The van der Waals surface area contributed by atoms with Gasteiger partial charge in [-0.25, -0.2) is 4.68 Å². The molecule has 2 aliphatic heterocycles. The van der Waals surface area contributed by atoms with Crippen LogP contribution in [0.15, 0.2) is 84.9 Å². The zero-order valence-corrected chi connectivity index (χ0v) is 28.7. The first kappa shape index (κ1) is 36.0. The number of likely N-dealkylation sites (tertiary alicyclic amines) is 1. The third kappa shape index (κ3) is 7.65. The summed E-state index contributed by atoms with van der Waals surface area (Å²) >= 11 is 0. The smallest absolute Gasteiger partial charge is 0.248 e. The minimum absolute atomic E-state index is 0. The molecule has 4 aromatic rings. The average Bonchev–Trinajstić information content (AvgIpc) is 3.35. The highest BCUT2D eigenvalue weighted by Crippen LogP contribution is 2.35. The Labute approximate surface area is 289 Å². The highest BCUT2D eigenvalue weighted by Gasteiger charge is 2.53. The fourth-order valence-corrected chi connectivity index (χ4v) is 6.57. The van der Waals surface area contributed by atoms with Crippen molar-refractivity contribution in [1.29, 1.82) is 0 Å². The summed E-state index contributed by atoms with van der Waals surface area (Å²) in [6.07, 6.45) is 1.08. The number of ether oxygens (including phenoxy) is 2. The molecule has 0 bridgehead atoms. The van der Waals surface area contributed by atoms with E-state index in [2.05, 4.69) is 36.2 Å². The number of nitrogens with zero attached hydrogens (tertiary/aromatic N) is 4. The summed E-state index contributed by atoms with van der Waals surface area (Å²) in [6, 6.07) is 26.9. The van der Waals surface area contributed by atoms with Crippen LogP contribution in [-0.2, 0) is 34.0 Å². The molecule has 9 nitrogen and oxygen atoms in total. The molecule has 0 aliphatic carbocycles. The van der Waals surface area contributed by atoms with Gasteiger partial charge in [-0.1, -0.05) is 60.7 Å². The third-order valence-electron chi connectivity index (χ3n) is 9.19. The van der Waals surface area contributed by atoms with E-state index in [1.54, 1.807) is 12.0 Å². The van der Waals surface area contributed by atoms with E-state index in [0.29, 0.717) is 39.1 Å². The monoisotopic (exact) mass is 679 g/mol. The van der Waals surface area contributed by atoms with E-state index in [-0.39, 0.29) is 43.2 Å². The lowest BCUT2D eigenvalue weighted by atomic mass is 9.81. The molecule has 3 aromatic carbocycles. The highest BCUT2D eigenvalue weighted by atomic mass is 35.5. The number of carbonyl (C=O) groups is 2. The zero-order valence-electron chi connectivity index (χ0n) is 27.1. The van der Waals surface area contributed by atoms with Gasteiger partial charge in [0.1, 0.15) is 17.3 Å². The Kier molecular flexibility index (Phi) is 12.1. The van der Waals surface area contributed by atoms with Gasteiger partial charge in [0.25, 0.3) is 0 Å². The largest absolute Gasteiger partial charge is 0.497 e. The van der Waals surface area contributed by atoms with Crippen LogP contribution in [0.25, 0.3) is 5.69 Å². The molecule has 2 fully saturated rings. The number of aryl methyl sites for hydroxylation is 1. The molecule has 2 saturated heterocycles. The van der Waals surface area contributed by atoms with E-state index >= 15 is 0 Å². The van der Waals surface area contributed by atoms with Crippen LogP contribution in [0.1, 0.15) is 40.9 Å². The number of methoxy groups -OCH3 is 1. The number of nitrogens with one attached hydrogen (secondary N) is 1. The number of piperazine rings is 1. The number of amides is 2. The second-order valence-corrected chi connectivity index (χ2v) is 12.0. The van der Waals surface area contributed by atoms with Crippen molar-refractivity contribution >= 4 is 36.6 Å². The van der Waals surface area contributed by atoms with Crippen molar-refractivity contribution in [3.8, 4) is 11.4 Å². The summed E-state index contributed by atoms with van der Waals surface area (Å²) < 4.78 is 13.4. The molecular weight excluding hydrogens is 637 g/mol. The topological polar surface area (TPSA) is 88.9 Å². The Morgan fingerprint density at radius 2 is 1.53 bits per heavy atom. The lowest BCUT2D eigenvalue weighted by Crippen LogP contribution is -2.73. The van der Waals surface area contributed by atoms with E-state index in [1.807, 2.05) is 77.5 Å². The molecule has 0 radical (unpaired) electrons. The van der Waals surface area contributed by atoms with Gasteiger partial charge in [0, 0.05) is 37.4 Å². The van der Waals surface area contributed by atoms with Gasteiger partial charge in [0.2, 0.25) is 11.8 Å². The van der Waals surface area contributed by atoms with Crippen molar-refractivity contribution in [3.63, 3.8) is 0 Å². The zero-order chi connectivity index (χ0) is 31.4. The molecule has 1 unspecified atom stereocenters. The SMILES string of the molecule is COc1cccc(CN2C(=O)C(COCc3ccccc3)NC(=O)C23CCN(Cc2c(C)nn(-c4ccccc4)c2C)CC3)c1.Cl.Cl. The lowest BCUT2D eigenvalue weighted by Gasteiger charge is -2.51. The number of aromatic nitrogens is 2. The fraction of sp³-hybridized carbons (Fsp3) is 0.361.